The molecule has 8 atom stereocenters. The van der Waals surface area contributed by atoms with Gasteiger partial charge in [-0.2, -0.15) is 0 Å². The summed E-state index contributed by atoms with van der Waals surface area (Å²) >= 11 is 0. The van der Waals surface area contributed by atoms with E-state index in [4.69, 9.17) is 40.5 Å². The Hall–Kier alpha value is -5.49. The quantitative estimate of drug-likeness (QED) is 0.0835. The maximum Gasteiger partial charge on any atom is 0.327 e. The van der Waals surface area contributed by atoms with Crippen molar-refractivity contribution in [3.63, 3.8) is 0 Å². The van der Waals surface area contributed by atoms with Crippen LogP contribution in [0.4, 0.5) is 5.69 Å². The number of nitrogens with one attached hydrogen (secondary N) is 1. The third-order valence-electron chi connectivity index (χ3n) is 14.1. The minimum absolute atomic E-state index is 0.0293. The van der Waals surface area contributed by atoms with E-state index in [-0.39, 0.29) is 68.2 Å². The number of allylic oxidation sites excluding steroid dienone is 4. The zero-order valence-electron chi connectivity index (χ0n) is 42.7. The van der Waals surface area contributed by atoms with Crippen LogP contribution in [0, 0.1) is 41.9 Å². The van der Waals surface area contributed by atoms with Gasteiger partial charge in [0, 0.05) is 92.2 Å². The number of aliphatic hydroxyl groups is 1. The van der Waals surface area contributed by atoms with Crippen molar-refractivity contribution >= 4 is 34.1 Å². The highest BCUT2D eigenvalue weighted by atomic mass is 16.7. The Morgan fingerprint density at radius 2 is 1.70 bits per heavy atom. The van der Waals surface area contributed by atoms with Gasteiger partial charge in [-0.1, -0.05) is 80.5 Å². The van der Waals surface area contributed by atoms with Gasteiger partial charge in [-0.25, -0.2) is 5.84 Å². The maximum absolute atomic E-state index is 14.9. The number of phenols is 2. The van der Waals surface area contributed by atoms with Gasteiger partial charge in [0.25, 0.3) is 11.7 Å². The smallest absolute Gasteiger partial charge is 0.327 e. The van der Waals surface area contributed by atoms with Crippen LogP contribution in [-0.4, -0.2) is 106 Å². The van der Waals surface area contributed by atoms with E-state index in [1.54, 1.807) is 32.1 Å². The Kier molecular flexibility index (Phi) is 15.7. The van der Waals surface area contributed by atoms with Crippen LogP contribution in [0.15, 0.2) is 58.0 Å². The molecule has 8 N–H and O–H groups in total. The second kappa shape index (κ2) is 20.5. The number of fused-ring (bicyclic) bond motifs is 1. The number of anilines is 1. The molecule has 4 bridgehead atoms. The number of likely N-dealkylation sites (tertiary alicyclic amines) is 1. The van der Waals surface area contributed by atoms with Gasteiger partial charge < -0.3 is 55.2 Å². The molecule has 2 aromatic rings. The van der Waals surface area contributed by atoms with E-state index in [1.165, 1.54) is 31.5 Å². The second-order valence-corrected chi connectivity index (χ2v) is 21.3. The fraction of sp³-hybridized carbons (Fsp3) is 0.596. The number of nitrogens with zero attached hydrogens (tertiary/aromatic N) is 4. The summed E-state index contributed by atoms with van der Waals surface area (Å²) in [7, 11) is 1.49. The molecule has 4 heterocycles. The number of benzene rings is 2. The molecule has 4 aliphatic rings. The standard InChI is InChI=1S/C52H75N7O10/c1-27(2)24-58-20-18-52(19-21-58)56-40-37-38-44(62)33(8)47-39(37)48(64)51(12,69-47)67-22-17-34(66-13)31(6)46(68-36(60)26-59(54)25-35(53)50(9,10)11)32(7)43(61)30(5)23-28(3)15-14-16-29(4)49(65)55-42(45(38)63)41(40)57-52/h14-17,22,25,27-28,30-32,34,43,46,61-63H,18-21,23-24,26,53-54H2,1-13H3,(H,55,65)/b15-14+,22-17+,29-16-,35-25-/t28?,30-,31-,32-,34+,43?,46?,51+/m1/s1. The molecular weight excluding hydrogens is 883 g/mol. The number of aliphatic hydroxyl groups excluding tert-OH is 1. The first kappa shape index (κ1) is 52.9. The van der Waals surface area contributed by atoms with Crippen molar-refractivity contribution in [3.05, 3.63) is 69.9 Å². The third kappa shape index (κ3) is 11.0. The Labute approximate surface area is 405 Å². The normalized spacial score (nSPS) is 29.7. The lowest BCUT2D eigenvalue weighted by molar-refractivity contribution is -0.162. The molecule has 0 radical (unpaired) electrons. The number of carbonyl (C=O) groups excluding carboxylic acids is 3. The summed E-state index contributed by atoms with van der Waals surface area (Å²) < 4.78 is 24.7. The van der Waals surface area contributed by atoms with Crippen LogP contribution in [0.2, 0.25) is 0 Å². The molecule has 0 aromatic heterocycles. The van der Waals surface area contributed by atoms with E-state index in [0.29, 0.717) is 49.5 Å². The molecule has 378 valence electrons. The molecule has 1 saturated heterocycles. The highest BCUT2D eigenvalue weighted by Gasteiger charge is 2.50. The number of ether oxygens (including phenoxy) is 4. The topological polar surface area (TPSA) is 244 Å². The molecular formula is C52H75N7O10. The Morgan fingerprint density at radius 1 is 1.04 bits per heavy atom. The lowest BCUT2D eigenvalue weighted by atomic mass is 9.79. The molecule has 6 rings (SSSR count). The minimum Gasteiger partial charge on any atom is -0.507 e. The summed E-state index contributed by atoms with van der Waals surface area (Å²) in [5, 5.41) is 40.6. The maximum atomic E-state index is 14.9. The second-order valence-electron chi connectivity index (χ2n) is 21.3. The first-order valence-electron chi connectivity index (χ1n) is 24.1. The number of hydrazine groups is 1. The number of Topliss-reactive ketones (excluding diaryl/α,β-unsaturated/α-hetero) is 1. The number of carbonyl (C=O) groups is 3. The molecule has 17 heteroatoms. The van der Waals surface area contributed by atoms with Crippen LogP contribution in [0.5, 0.6) is 17.2 Å². The zero-order valence-corrected chi connectivity index (χ0v) is 42.7. The molecule has 69 heavy (non-hydrogen) atoms. The van der Waals surface area contributed by atoms with Gasteiger partial charge in [0.2, 0.25) is 0 Å². The summed E-state index contributed by atoms with van der Waals surface area (Å²) in [6.07, 6.45) is 8.71. The SMILES string of the molecule is CO[C@H]1/C=C/O[C@@]2(C)Oc3c(C)c(O)c4c(O)c(c5c(c4c3C2=O)=NC2(CCN(CC(C)C)CC2)N=5)NC(=O)/C(C)=C\C=C\C(C)C[C@@H](C)C(O)[C@@H](C)C(OC(=O)CN(N)/C=C(\N)C(C)(C)C)[C@@H]1C. The number of rotatable bonds is 7. The van der Waals surface area contributed by atoms with Crippen molar-refractivity contribution in [3.8, 4) is 17.2 Å². The van der Waals surface area contributed by atoms with Crippen molar-refractivity contribution < 1.29 is 48.7 Å². The van der Waals surface area contributed by atoms with Gasteiger partial charge in [0.1, 0.15) is 35.2 Å². The third-order valence-corrected chi connectivity index (χ3v) is 14.1. The summed E-state index contributed by atoms with van der Waals surface area (Å²) in [5.41, 5.74) is 5.82. The zero-order chi connectivity index (χ0) is 51.1. The van der Waals surface area contributed by atoms with Gasteiger partial charge in [-0.05, 0) is 44.1 Å². The van der Waals surface area contributed by atoms with E-state index < -0.39 is 70.4 Å². The molecule has 1 spiro atoms. The number of nitrogens with two attached hydrogens (primary N) is 2. The summed E-state index contributed by atoms with van der Waals surface area (Å²) in [4.78, 5) is 55.3. The highest BCUT2D eigenvalue weighted by Crippen LogP contribution is 2.50. The van der Waals surface area contributed by atoms with E-state index in [9.17, 15) is 29.7 Å². The highest BCUT2D eigenvalue weighted by molar-refractivity contribution is 6.19. The Balaban J connectivity index is 1.46. The molecule has 3 unspecified atom stereocenters. The van der Waals surface area contributed by atoms with Gasteiger partial charge in [0.15, 0.2) is 11.4 Å². The molecule has 1 amide bonds. The summed E-state index contributed by atoms with van der Waals surface area (Å²) in [6.45, 7) is 24.3. The number of hydrogen-bond donors (Lipinski definition) is 6. The van der Waals surface area contributed by atoms with Crippen LogP contribution in [0.1, 0.15) is 111 Å². The van der Waals surface area contributed by atoms with Gasteiger partial charge in [-0.15, -0.1) is 0 Å². The number of amides is 1. The number of aromatic hydroxyl groups is 2. The molecule has 0 saturated carbocycles. The van der Waals surface area contributed by atoms with Crippen LogP contribution in [-0.2, 0) is 23.8 Å². The fourth-order valence-electron chi connectivity index (χ4n) is 9.83. The monoisotopic (exact) mass is 958 g/mol. The fourth-order valence-corrected chi connectivity index (χ4v) is 9.83. The number of phenolic OH excluding ortho intramolecular Hbond substituents is 2. The van der Waals surface area contributed by atoms with Crippen molar-refractivity contribution in [1.82, 2.24) is 9.91 Å². The first-order chi connectivity index (χ1) is 32.2. The van der Waals surface area contributed by atoms with Gasteiger partial charge in [-0.3, -0.25) is 24.4 Å². The van der Waals surface area contributed by atoms with E-state index in [2.05, 4.69) is 24.1 Å². The Bertz CT molecular complexity index is 2570. The van der Waals surface area contributed by atoms with E-state index in [1.807, 2.05) is 54.5 Å². The number of methoxy groups -OCH3 is 1. The average molecular weight is 958 g/mol. The van der Waals surface area contributed by atoms with E-state index in [0.717, 1.165) is 6.54 Å². The van der Waals surface area contributed by atoms with Crippen molar-refractivity contribution in [2.24, 2.45) is 56.6 Å². The predicted octanol–water partition coefficient (Wildman–Crippen LogP) is 5.78. The molecule has 0 aliphatic carbocycles. The van der Waals surface area contributed by atoms with Crippen molar-refractivity contribution in [2.45, 2.75) is 132 Å². The summed E-state index contributed by atoms with van der Waals surface area (Å²) in [6, 6.07) is 0. The predicted molar refractivity (Wildman–Crippen MR) is 263 cm³/mol. The number of ketones is 1. The number of piperidine rings is 1. The van der Waals surface area contributed by atoms with Crippen LogP contribution >= 0.6 is 0 Å². The first-order valence-corrected chi connectivity index (χ1v) is 24.1. The van der Waals surface area contributed by atoms with E-state index >= 15 is 0 Å². The van der Waals surface area contributed by atoms with Crippen molar-refractivity contribution in [2.75, 3.05) is 38.6 Å². The van der Waals surface area contributed by atoms with Gasteiger partial charge >= 0.3 is 11.8 Å². The average Bonchev–Trinajstić information content (AvgIpc) is 3.77. The summed E-state index contributed by atoms with van der Waals surface area (Å²) in [5.74, 6) is 0.557. The molecule has 2 aromatic carbocycles. The molecule has 1 fully saturated rings. The van der Waals surface area contributed by atoms with Gasteiger partial charge in [0.05, 0.1) is 34.8 Å². The van der Waals surface area contributed by atoms with Crippen LogP contribution in [0.3, 0.4) is 0 Å². The number of esters is 1. The Morgan fingerprint density at radius 3 is 2.32 bits per heavy atom. The molecule has 4 aliphatic heterocycles. The largest absolute Gasteiger partial charge is 0.507 e. The minimum atomic E-state index is -1.98. The van der Waals surface area contributed by atoms with Crippen molar-refractivity contribution in [1.29, 1.82) is 0 Å². The lowest BCUT2D eigenvalue weighted by Crippen LogP contribution is -2.46. The van der Waals surface area contributed by atoms with Crippen LogP contribution in [0.25, 0.3) is 10.8 Å². The molecule has 17 nitrogen and oxygen atoms in total. The lowest BCUT2D eigenvalue weighted by Gasteiger charge is -2.37. The number of hydrogen-bond acceptors (Lipinski definition) is 16. The van der Waals surface area contributed by atoms with Crippen LogP contribution < -0.4 is 32.3 Å².